The quantitative estimate of drug-likeness (QED) is 0.845. The monoisotopic (exact) mass is 270 g/mol. The third kappa shape index (κ3) is 2.68. The third-order valence-electron chi connectivity index (χ3n) is 5.05. The fraction of sp³-hybridized carbons (Fsp3) is 0.556. The molecule has 1 aromatic rings. The van der Waals surface area contributed by atoms with Gasteiger partial charge in [-0.05, 0) is 25.3 Å². The molecule has 0 radical (unpaired) electrons. The number of nitrogens with zero attached hydrogens (tertiary/aromatic N) is 1. The minimum atomic E-state index is 0.421. The summed E-state index contributed by atoms with van der Waals surface area (Å²) in [6, 6.07) is 11.4. The molecule has 2 aliphatic rings. The van der Waals surface area contributed by atoms with Crippen LogP contribution in [0.3, 0.4) is 0 Å². The van der Waals surface area contributed by atoms with Gasteiger partial charge in [-0.1, -0.05) is 55.3 Å². The van der Waals surface area contributed by atoms with Crippen molar-refractivity contribution in [3.8, 4) is 0 Å². The van der Waals surface area contributed by atoms with E-state index in [9.17, 15) is 0 Å². The van der Waals surface area contributed by atoms with E-state index in [0.717, 1.165) is 19.6 Å². The van der Waals surface area contributed by atoms with E-state index in [0.29, 0.717) is 11.6 Å². The molecule has 1 aliphatic heterocycles. The molecule has 1 aromatic carbocycles. The van der Waals surface area contributed by atoms with Gasteiger partial charge in [0.05, 0.1) is 0 Å². The Kier molecular flexibility index (Phi) is 4.23. The highest BCUT2D eigenvalue weighted by Gasteiger charge is 2.43. The van der Waals surface area contributed by atoms with Crippen LogP contribution < -0.4 is 5.32 Å². The van der Waals surface area contributed by atoms with Crippen LogP contribution in [0, 0.1) is 0 Å². The second kappa shape index (κ2) is 6.11. The first-order valence-corrected chi connectivity index (χ1v) is 7.99. The molecule has 1 saturated carbocycles. The molecule has 1 atom stereocenters. The van der Waals surface area contributed by atoms with Crippen LogP contribution in [-0.2, 0) is 0 Å². The molecule has 1 spiro atoms. The lowest BCUT2D eigenvalue weighted by Crippen LogP contribution is -2.60. The Hall–Kier alpha value is -1.12. The van der Waals surface area contributed by atoms with Crippen molar-refractivity contribution in [2.24, 2.45) is 0 Å². The van der Waals surface area contributed by atoms with Gasteiger partial charge in [0.25, 0.3) is 0 Å². The highest BCUT2D eigenvalue weighted by Crippen LogP contribution is 2.38. The summed E-state index contributed by atoms with van der Waals surface area (Å²) in [5.41, 5.74) is 1.84. The molecule has 0 amide bonds. The van der Waals surface area contributed by atoms with Crippen molar-refractivity contribution >= 4 is 0 Å². The maximum Gasteiger partial charge on any atom is 0.0450 e. The molecule has 2 fully saturated rings. The van der Waals surface area contributed by atoms with Gasteiger partial charge >= 0.3 is 0 Å². The first-order chi connectivity index (χ1) is 9.84. The lowest BCUT2D eigenvalue weighted by molar-refractivity contribution is 0.0540. The van der Waals surface area contributed by atoms with Gasteiger partial charge in [0, 0.05) is 31.2 Å². The first-order valence-electron chi connectivity index (χ1n) is 7.99. The molecule has 20 heavy (non-hydrogen) atoms. The lowest BCUT2D eigenvalue weighted by atomic mass is 9.89. The van der Waals surface area contributed by atoms with Crippen molar-refractivity contribution in [3.05, 3.63) is 48.0 Å². The summed E-state index contributed by atoms with van der Waals surface area (Å²) in [5, 5.41) is 3.81. The fourth-order valence-corrected chi connectivity index (χ4v) is 3.84. The van der Waals surface area contributed by atoms with Gasteiger partial charge in [-0.15, -0.1) is 0 Å². The molecular weight excluding hydrogens is 244 g/mol. The maximum absolute atomic E-state index is 3.81. The van der Waals surface area contributed by atoms with E-state index in [1.165, 1.54) is 31.2 Å². The predicted octanol–water partition coefficient (Wildman–Crippen LogP) is 3.52. The number of benzene rings is 1. The number of piperazine rings is 1. The Labute approximate surface area is 122 Å². The van der Waals surface area contributed by atoms with Crippen molar-refractivity contribution in [1.82, 2.24) is 10.2 Å². The maximum atomic E-state index is 3.81. The van der Waals surface area contributed by atoms with Crippen LogP contribution in [0.1, 0.15) is 44.2 Å². The van der Waals surface area contributed by atoms with Crippen LogP contribution in [0.4, 0.5) is 0 Å². The fourth-order valence-electron chi connectivity index (χ4n) is 3.84. The van der Waals surface area contributed by atoms with E-state index in [4.69, 9.17) is 0 Å². The highest BCUT2D eigenvalue weighted by molar-refractivity contribution is 5.21. The number of hydrogen-bond acceptors (Lipinski definition) is 2. The molecule has 1 N–H and O–H groups in total. The Balaban J connectivity index is 1.77. The summed E-state index contributed by atoms with van der Waals surface area (Å²) < 4.78 is 0. The van der Waals surface area contributed by atoms with Crippen LogP contribution in [0.25, 0.3) is 0 Å². The van der Waals surface area contributed by atoms with Gasteiger partial charge in [-0.3, -0.25) is 4.90 Å². The average Bonchev–Trinajstić information content (AvgIpc) is 2.97. The van der Waals surface area contributed by atoms with E-state index < -0.39 is 0 Å². The van der Waals surface area contributed by atoms with Crippen LogP contribution in [-0.4, -0.2) is 30.1 Å². The van der Waals surface area contributed by atoms with E-state index in [1.807, 2.05) is 0 Å². The molecule has 0 bridgehead atoms. The molecule has 1 aliphatic carbocycles. The van der Waals surface area contributed by atoms with Gasteiger partial charge < -0.3 is 5.32 Å². The van der Waals surface area contributed by atoms with Gasteiger partial charge in [-0.25, -0.2) is 0 Å². The second-order valence-electron chi connectivity index (χ2n) is 6.25. The summed E-state index contributed by atoms with van der Waals surface area (Å²) in [6.07, 6.45) is 10.0. The van der Waals surface area contributed by atoms with Gasteiger partial charge in [-0.2, -0.15) is 0 Å². The number of nitrogens with one attached hydrogen (secondary N) is 1. The molecule has 1 heterocycles. The molecule has 2 nitrogen and oxygen atoms in total. The van der Waals surface area contributed by atoms with Crippen molar-refractivity contribution < 1.29 is 0 Å². The van der Waals surface area contributed by atoms with Crippen molar-refractivity contribution in [3.63, 3.8) is 0 Å². The molecule has 2 heteroatoms. The Bertz CT molecular complexity index is 446. The normalized spacial score (nSPS) is 26.6. The number of hydrogen-bond donors (Lipinski definition) is 1. The van der Waals surface area contributed by atoms with Gasteiger partial charge in [0.1, 0.15) is 0 Å². The number of allylic oxidation sites excluding steroid dienone is 1. The van der Waals surface area contributed by atoms with Crippen LogP contribution >= 0.6 is 0 Å². The van der Waals surface area contributed by atoms with E-state index in [-0.39, 0.29) is 0 Å². The number of rotatable bonds is 3. The van der Waals surface area contributed by atoms with Crippen LogP contribution in [0.2, 0.25) is 0 Å². The second-order valence-corrected chi connectivity index (χ2v) is 6.25. The Morgan fingerprint density at radius 2 is 2.00 bits per heavy atom. The van der Waals surface area contributed by atoms with Crippen LogP contribution in [0.5, 0.6) is 0 Å². The van der Waals surface area contributed by atoms with E-state index >= 15 is 0 Å². The smallest absolute Gasteiger partial charge is 0.0450 e. The summed E-state index contributed by atoms with van der Waals surface area (Å²) >= 11 is 0. The summed E-state index contributed by atoms with van der Waals surface area (Å²) in [4.78, 5) is 2.73. The molecule has 3 rings (SSSR count). The SMILES string of the molecule is C/C=C/CN1CC(c2ccccc2)NCC12CCCC2. The van der Waals surface area contributed by atoms with Crippen molar-refractivity contribution in [1.29, 1.82) is 0 Å². The topological polar surface area (TPSA) is 15.3 Å². The zero-order valence-corrected chi connectivity index (χ0v) is 12.5. The zero-order valence-electron chi connectivity index (χ0n) is 12.5. The van der Waals surface area contributed by atoms with Gasteiger partial charge in [0.2, 0.25) is 0 Å². The van der Waals surface area contributed by atoms with Crippen molar-refractivity contribution in [2.45, 2.75) is 44.2 Å². The minimum absolute atomic E-state index is 0.421. The first kappa shape index (κ1) is 13.8. The van der Waals surface area contributed by atoms with Crippen LogP contribution in [0.15, 0.2) is 42.5 Å². The molecule has 1 unspecified atom stereocenters. The molecule has 108 valence electrons. The summed E-state index contributed by atoms with van der Waals surface area (Å²) in [6.45, 7) is 5.50. The Morgan fingerprint density at radius 1 is 1.25 bits per heavy atom. The molecular formula is C18H26N2. The molecule has 1 saturated heterocycles. The Morgan fingerprint density at radius 3 is 2.70 bits per heavy atom. The van der Waals surface area contributed by atoms with Crippen molar-refractivity contribution in [2.75, 3.05) is 19.6 Å². The lowest BCUT2D eigenvalue weighted by Gasteiger charge is -2.48. The van der Waals surface area contributed by atoms with E-state index in [1.54, 1.807) is 0 Å². The standard InChI is InChI=1S/C18H26N2/c1-2-3-13-20-14-17(16-9-5-4-6-10-16)19-15-18(20)11-7-8-12-18/h2-6,9-10,17,19H,7-8,11-15H2,1H3/b3-2+. The minimum Gasteiger partial charge on any atom is -0.307 e. The molecule has 0 aromatic heterocycles. The highest BCUT2D eigenvalue weighted by atomic mass is 15.3. The summed E-state index contributed by atoms with van der Waals surface area (Å²) in [5.74, 6) is 0. The third-order valence-corrected chi connectivity index (χ3v) is 5.05. The zero-order chi connectivity index (χ0) is 13.8. The average molecular weight is 270 g/mol. The summed E-state index contributed by atoms with van der Waals surface area (Å²) in [7, 11) is 0. The van der Waals surface area contributed by atoms with E-state index in [2.05, 4.69) is 59.6 Å². The largest absolute Gasteiger partial charge is 0.307 e. The predicted molar refractivity (Wildman–Crippen MR) is 84.8 cm³/mol. The van der Waals surface area contributed by atoms with Gasteiger partial charge in [0.15, 0.2) is 0 Å².